The lowest BCUT2D eigenvalue weighted by atomic mass is 10.1. The number of hydrogen-bond donors (Lipinski definition) is 0. The molecule has 132 valence electrons. The van der Waals surface area contributed by atoms with Gasteiger partial charge in [0.2, 0.25) is 0 Å². The van der Waals surface area contributed by atoms with Crippen molar-refractivity contribution < 1.29 is 13.9 Å². The van der Waals surface area contributed by atoms with Gasteiger partial charge in [0.05, 0.1) is 5.02 Å². The molecule has 3 nitrogen and oxygen atoms in total. The average molecular weight is 387 g/mol. The quantitative estimate of drug-likeness (QED) is 0.292. The molecule has 0 aliphatic rings. The van der Waals surface area contributed by atoms with E-state index in [1.54, 1.807) is 42.5 Å². The minimum Gasteiger partial charge on any atom is -0.457 e. The van der Waals surface area contributed by atoms with E-state index in [1.165, 1.54) is 6.08 Å². The number of furan rings is 1. The molecule has 5 heteroatoms. The standard InChI is InChI=1S/C21H16Cl2O3/c1-13-3-5-17(11-14(13)2)26-21(24)10-7-16-6-9-20(25-16)18-8-4-15(22)12-19(18)23/h3-12H,1-2H3. The van der Waals surface area contributed by atoms with Gasteiger partial charge in [0.15, 0.2) is 0 Å². The Bertz CT molecular complexity index is 987. The zero-order chi connectivity index (χ0) is 18.7. The number of rotatable bonds is 4. The van der Waals surface area contributed by atoms with Crippen molar-refractivity contribution in [2.75, 3.05) is 0 Å². The van der Waals surface area contributed by atoms with Gasteiger partial charge in [-0.25, -0.2) is 4.79 Å². The van der Waals surface area contributed by atoms with E-state index in [-0.39, 0.29) is 0 Å². The van der Waals surface area contributed by atoms with E-state index in [9.17, 15) is 4.79 Å². The van der Waals surface area contributed by atoms with Crippen LogP contribution < -0.4 is 4.74 Å². The highest BCUT2D eigenvalue weighted by molar-refractivity contribution is 6.36. The molecule has 0 fully saturated rings. The molecule has 0 N–H and O–H groups in total. The Morgan fingerprint density at radius 2 is 1.81 bits per heavy atom. The lowest BCUT2D eigenvalue weighted by molar-refractivity contribution is -0.128. The number of aryl methyl sites for hydroxylation is 2. The average Bonchev–Trinajstić information content (AvgIpc) is 3.05. The molecule has 0 saturated heterocycles. The molecule has 26 heavy (non-hydrogen) atoms. The Kier molecular flexibility index (Phi) is 5.50. The van der Waals surface area contributed by atoms with Crippen molar-refractivity contribution in [3.05, 3.63) is 81.5 Å². The Morgan fingerprint density at radius 3 is 2.54 bits per heavy atom. The summed E-state index contributed by atoms with van der Waals surface area (Å²) in [5.41, 5.74) is 2.94. The number of carbonyl (C=O) groups excluding carboxylic acids is 1. The maximum absolute atomic E-state index is 12.0. The van der Waals surface area contributed by atoms with E-state index in [0.717, 1.165) is 16.7 Å². The maximum Gasteiger partial charge on any atom is 0.336 e. The van der Waals surface area contributed by atoms with E-state index < -0.39 is 5.97 Å². The summed E-state index contributed by atoms with van der Waals surface area (Å²) in [6, 6.07) is 14.2. The van der Waals surface area contributed by atoms with E-state index in [1.807, 2.05) is 26.0 Å². The van der Waals surface area contributed by atoms with Gasteiger partial charge in [-0.1, -0.05) is 29.3 Å². The molecule has 0 aliphatic heterocycles. The Balaban J connectivity index is 1.70. The zero-order valence-corrected chi connectivity index (χ0v) is 15.8. The Morgan fingerprint density at radius 1 is 1.00 bits per heavy atom. The van der Waals surface area contributed by atoms with E-state index in [0.29, 0.717) is 27.3 Å². The second kappa shape index (κ2) is 7.81. The molecule has 0 spiro atoms. The third-order valence-electron chi connectivity index (χ3n) is 3.90. The van der Waals surface area contributed by atoms with Crippen molar-refractivity contribution in [2.45, 2.75) is 13.8 Å². The molecule has 1 aromatic heterocycles. The molecule has 3 rings (SSSR count). The number of ether oxygens (including phenoxy) is 1. The highest BCUT2D eigenvalue weighted by Crippen LogP contribution is 2.31. The third-order valence-corrected chi connectivity index (χ3v) is 4.45. The fourth-order valence-corrected chi connectivity index (χ4v) is 2.86. The highest BCUT2D eigenvalue weighted by Gasteiger charge is 2.09. The van der Waals surface area contributed by atoms with Crippen molar-refractivity contribution in [1.82, 2.24) is 0 Å². The minimum atomic E-state index is -0.476. The second-order valence-electron chi connectivity index (χ2n) is 5.83. The lowest BCUT2D eigenvalue weighted by Gasteiger charge is -2.04. The first-order chi connectivity index (χ1) is 12.4. The molecule has 0 bridgehead atoms. The molecule has 0 atom stereocenters. The van der Waals surface area contributed by atoms with Crippen molar-refractivity contribution >= 4 is 35.2 Å². The Hall–Kier alpha value is -2.49. The van der Waals surface area contributed by atoms with E-state index in [2.05, 4.69) is 0 Å². The van der Waals surface area contributed by atoms with Gasteiger partial charge in [-0.15, -0.1) is 0 Å². The van der Waals surface area contributed by atoms with Crippen molar-refractivity contribution in [3.8, 4) is 17.1 Å². The van der Waals surface area contributed by atoms with Crippen LogP contribution in [0.15, 0.2) is 59.0 Å². The largest absolute Gasteiger partial charge is 0.457 e. The van der Waals surface area contributed by atoms with Crippen LogP contribution in [0.5, 0.6) is 5.75 Å². The van der Waals surface area contributed by atoms with E-state index >= 15 is 0 Å². The molecule has 0 amide bonds. The summed E-state index contributed by atoms with van der Waals surface area (Å²) < 4.78 is 11.0. The molecule has 0 unspecified atom stereocenters. The van der Waals surface area contributed by atoms with Gasteiger partial charge in [0.25, 0.3) is 0 Å². The minimum absolute atomic E-state index is 0.476. The molecule has 2 aromatic carbocycles. The van der Waals surface area contributed by atoms with Crippen LogP contribution in [0, 0.1) is 13.8 Å². The predicted molar refractivity (Wildman–Crippen MR) is 105 cm³/mol. The van der Waals surface area contributed by atoms with Crippen molar-refractivity contribution in [3.63, 3.8) is 0 Å². The normalized spacial score (nSPS) is 11.1. The summed E-state index contributed by atoms with van der Waals surface area (Å²) >= 11 is 12.1. The number of carbonyl (C=O) groups is 1. The molecule has 3 aromatic rings. The van der Waals surface area contributed by atoms with Crippen LogP contribution in [-0.4, -0.2) is 5.97 Å². The fourth-order valence-electron chi connectivity index (χ4n) is 2.35. The van der Waals surface area contributed by atoms with E-state index in [4.69, 9.17) is 32.4 Å². The maximum atomic E-state index is 12.0. The van der Waals surface area contributed by atoms with Crippen LogP contribution in [-0.2, 0) is 4.79 Å². The van der Waals surface area contributed by atoms with Gasteiger partial charge < -0.3 is 9.15 Å². The topological polar surface area (TPSA) is 39.4 Å². The van der Waals surface area contributed by atoms with Crippen LogP contribution in [0.3, 0.4) is 0 Å². The molecule has 0 aliphatic carbocycles. The van der Waals surface area contributed by atoms with Gasteiger partial charge in [0, 0.05) is 16.7 Å². The molecular weight excluding hydrogens is 371 g/mol. The van der Waals surface area contributed by atoms with Gasteiger partial charge in [-0.2, -0.15) is 0 Å². The SMILES string of the molecule is Cc1ccc(OC(=O)C=Cc2ccc(-c3ccc(Cl)cc3Cl)o2)cc1C. The predicted octanol–water partition coefficient (Wildman–Crippen LogP) is 6.49. The first kappa shape index (κ1) is 18.3. The number of hydrogen-bond acceptors (Lipinski definition) is 3. The first-order valence-corrected chi connectivity index (χ1v) is 8.70. The molecule has 0 saturated carbocycles. The summed E-state index contributed by atoms with van der Waals surface area (Å²) in [4.78, 5) is 12.0. The van der Waals surface area contributed by atoms with Crippen LogP contribution in [0.2, 0.25) is 10.0 Å². The zero-order valence-electron chi connectivity index (χ0n) is 14.3. The fraction of sp³-hybridized carbons (Fsp3) is 0.0952. The lowest BCUT2D eigenvalue weighted by Crippen LogP contribution is -2.03. The van der Waals surface area contributed by atoms with Crippen molar-refractivity contribution in [2.24, 2.45) is 0 Å². The van der Waals surface area contributed by atoms with Crippen LogP contribution >= 0.6 is 23.2 Å². The second-order valence-corrected chi connectivity index (χ2v) is 6.67. The number of benzene rings is 2. The summed E-state index contributed by atoms with van der Waals surface area (Å²) in [6.45, 7) is 3.97. The molecular formula is C21H16Cl2O3. The molecule has 0 radical (unpaired) electrons. The highest BCUT2D eigenvalue weighted by atomic mass is 35.5. The summed E-state index contributed by atoms with van der Waals surface area (Å²) in [6.07, 6.45) is 2.87. The van der Waals surface area contributed by atoms with Crippen molar-refractivity contribution in [1.29, 1.82) is 0 Å². The first-order valence-electron chi connectivity index (χ1n) is 7.95. The van der Waals surface area contributed by atoms with Crippen LogP contribution in [0.1, 0.15) is 16.9 Å². The third kappa shape index (κ3) is 4.37. The van der Waals surface area contributed by atoms with Gasteiger partial charge in [-0.3, -0.25) is 0 Å². The van der Waals surface area contributed by atoms with Gasteiger partial charge >= 0.3 is 5.97 Å². The van der Waals surface area contributed by atoms with Gasteiger partial charge in [0.1, 0.15) is 17.3 Å². The van der Waals surface area contributed by atoms with Crippen LogP contribution in [0.4, 0.5) is 0 Å². The Labute approximate surface area is 161 Å². The summed E-state index contributed by atoms with van der Waals surface area (Å²) in [7, 11) is 0. The number of esters is 1. The van der Waals surface area contributed by atoms with Crippen LogP contribution in [0.25, 0.3) is 17.4 Å². The number of halogens is 2. The van der Waals surface area contributed by atoms with Gasteiger partial charge in [-0.05, 0) is 73.5 Å². The molecule has 1 heterocycles. The summed E-state index contributed by atoms with van der Waals surface area (Å²) in [5, 5.41) is 1.05. The smallest absolute Gasteiger partial charge is 0.336 e. The summed E-state index contributed by atoms with van der Waals surface area (Å²) in [5.74, 6) is 1.14. The monoisotopic (exact) mass is 386 g/mol.